The van der Waals surface area contributed by atoms with Crippen molar-refractivity contribution in [1.29, 1.82) is 0 Å². The summed E-state index contributed by atoms with van der Waals surface area (Å²) in [6, 6.07) is 2.13. The summed E-state index contributed by atoms with van der Waals surface area (Å²) in [4.78, 5) is 17.2. The van der Waals surface area contributed by atoms with Crippen LogP contribution in [0.15, 0.2) is 18.3 Å². The van der Waals surface area contributed by atoms with Crippen LogP contribution in [0.2, 0.25) is 0 Å². The van der Waals surface area contributed by atoms with E-state index in [1.54, 1.807) is 25.7 Å². The molecule has 1 amide bonds. The van der Waals surface area contributed by atoms with E-state index in [0.29, 0.717) is 13.1 Å². The first-order chi connectivity index (χ1) is 11.0. The lowest BCUT2D eigenvalue weighted by Crippen LogP contribution is -2.35. The Balaban J connectivity index is 1.81. The van der Waals surface area contributed by atoms with E-state index >= 15 is 0 Å². The highest BCUT2D eigenvalue weighted by atomic mass is 19.4. The van der Waals surface area contributed by atoms with E-state index in [4.69, 9.17) is 9.47 Å². The third kappa shape index (κ3) is 5.28. The fraction of sp³-hybridized carbons (Fsp3) is 0.625. The quantitative estimate of drug-likeness (QED) is 0.837. The molecule has 1 aromatic heterocycles. The topological polar surface area (TPSA) is 51.7 Å². The maximum atomic E-state index is 12.5. The predicted octanol–water partition coefficient (Wildman–Crippen LogP) is 3.74. The first-order valence-electron chi connectivity index (χ1n) is 7.68. The normalized spacial score (nSPS) is 18.6. The van der Waals surface area contributed by atoms with Gasteiger partial charge in [0.05, 0.1) is 12.2 Å². The zero-order valence-electron chi connectivity index (χ0n) is 13.9. The highest BCUT2D eigenvalue weighted by Crippen LogP contribution is 2.29. The van der Waals surface area contributed by atoms with Gasteiger partial charge in [-0.05, 0) is 33.3 Å². The molecule has 1 atom stereocenters. The summed E-state index contributed by atoms with van der Waals surface area (Å²) in [5.74, 6) is 0.236. The molecule has 1 saturated heterocycles. The van der Waals surface area contributed by atoms with Crippen molar-refractivity contribution in [3.05, 3.63) is 23.9 Å². The minimum absolute atomic E-state index is 0.0987. The Labute approximate surface area is 138 Å². The van der Waals surface area contributed by atoms with Crippen molar-refractivity contribution >= 4 is 6.09 Å². The SMILES string of the molecule is CC(C)(C)OC(=O)N1CC[C@H](COc2ccc(C(F)(F)F)cn2)C1. The first kappa shape index (κ1) is 18.4. The van der Waals surface area contributed by atoms with Crippen LogP contribution in [0.5, 0.6) is 5.88 Å². The van der Waals surface area contributed by atoms with Crippen LogP contribution < -0.4 is 4.74 Å². The van der Waals surface area contributed by atoms with Crippen LogP contribution in [0.1, 0.15) is 32.8 Å². The van der Waals surface area contributed by atoms with Crippen LogP contribution in [0.3, 0.4) is 0 Å². The number of rotatable bonds is 3. The summed E-state index contributed by atoms with van der Waals surface area (Å²) in [6.07, 6.45) is -3.28. The van der Waals surface area contributed by atoms with Gasteiger partial charge in [-0.1, -0.05) is 0 Å². The third-order valence-corrected chi connectivity index (χ3v) is 3.47. The van der Waals surface area contributed by atoms with Crippen LogP contribution in [-0.2, 0) is 10.9 Å². The fourth-order valence-corrected chi connectivity index (χ4v) is 2.30. The summed E-state index contributed by atoms with van der Waals surface area (Å²) in [5.41, 5.74) is -1.36. The number of hydrogen-bond donors (Lipinski definition) is 0. The Morgan fingerprint density at radius 2 is 2.04 bits per heavy atom. The average molecular weight is 346 g/mol. The molecule has 1 fully saturated rings. The Hall–Kier alpha value is -1.99. The molecule has 0 radical (unpaired) electrons. The molecular weight excluding hydrogens is 325 g/mol. The van der Waals surface area contributed by atoms with E-state index in [0.717, 1.165) is 18.7 Å². The predicted molar refractivity (Wildman–Crippen MR) is 80.6 cm³/mol. The molecule has 134 valence electrons. The van der Waals surface area contributed by atoms with E-state index in [1.807, 2.05) is 0 Å². The summed E-state index contributed by atoms with van der Waals surface area (Å²) in [5, 5.41) is 0. The molecule has 5 nitrogen and oxygen atoms in total. The van der Waals surface area contributed by atoms with E-state index in [1.165, 1.54) is 6.07 Å². The molecule has 0 aromatic carbocycles. The third-order valence-electron chi connectivity index (χ3n) is 3.47. The number of likely N-dealkylation sites (tertiary alicyclic amines) is 1. The fourth-order valence-electron chi connectivity index (χ4n) is 2.30. The Morgan fingerprint density at radius 1 is 1.33 bits per heavy atom. The molecule has 0 saturated carbocycles. The molecule has 1 aliphatic rings. The van der Waals surface area contributed by atoms with Crippen molar-refractivity contribution < 1.29 is 27.4 Å². The minimum atomic E-state index is -4.41. The second kappa shape index (κ2) is 6.86. The van der Waals surface area contributed by atoms with Gasteiger partial charge in [-0.15, -0.1) is 0 Å². The lowest BCUT2D eigenvalue weighted by Gasteiger charge is -2.24. The largest absolute Gasteiger partial charge is 0.477 e. The summed E-state index contributed by atoms with van der Waals surface area (Å²) in [7, 11) is 0. The maximum Gasteiger partial charge on any atom is 0.417 e. The second-order valence-electron chi connectivity index (χ2n) is 6.77. The van der Waals surface area contributed by atoms with E-state index in [9.17, 15) is 18.0 Å². The Kier molecular flexibility index (Phi) is 5.25. The molecule has 2 heterocycles. The summed E-state index contributed by atoms with van der Waals surface area (Å²) in [6.45, 7) is 6.77. The number of amides is 1. The van der Waals surface area contributed by atoms with E-state index in [-0.39, 0.29) is 24.5 Å². The van der Waals surface area contributed by atoms with Gasteiger partial charge in [0.25, 0.3) is 0 Å². The van der Waals surface area contributed by atoms with Crippen LogP contribution >= 0.6 is 0 Å². The molecule has 0 unspecified atom stereocenters. The number of alkyl halides is 3. The van der Waals surface area contributed by atoms with Crippen molar-refractivity contribution in [3.8, 4) is 5.88 Å². The van der Waals surface area contributed by atoms with Gasteiger partial charge in [0.1, 0.15) is 5.60 Å². The van der Waals surface area contributed by atoms with Crippen molar-refractivity contribution in [2.24, 2.45) is 5.92 Å². The lowest BCUT2D eigenvalue weighted by molar-refractivity contribution is -0.137. The number of carbonyl (C=O) groups is 1. The number of ether oxygens (including phenoxy) is 2. The van der Waals surface area contributed by atoms with Gasteiger partial charge in [0, 0.05) is 31.3 Å². The van der Waals surface area contributed by atoms with Crippen LogP contribution in [0.4, 0.5) is 18.0 Å². The number of nitrogens with zero attached hydrogens (tertiary/aromatic N) is 2. The summed E-state index contributed by atoms with van der Waals surface area (Å²) < 4.78 is 48.1. The molecule has 0 N–H and O–H groups in total. The van der Waals surface area contributed by atoms with Crippen LogP contribution in [0.25, 0.3) is 0 Å². The number of halogens is 3. The van der Waals surface area contributed by atoms with Gasteiger partial charge in [0.2, 0.25) is 5.88 Å². The van der Waals surface area contributed by atoms with E-state index < -0.39 is 17.3 Å². The molecule has 0 bridgehead atoms. The molecule has 1 aromatic rings. The maximum absolute atomic E-state index is 12.5. The van der Waals surface area contributed by atoms with Gasteiger partial charge in [-0.3, -0.25) is 0 Å². The molecule has 0 spiro atoms. The van der Waals surface area contributed by atoms with Crippen molar-refractivity contribution in [3.63, 3.8) is 0 Å². The van der Waals surface area contributed by atoms with Crippen LogP contribution in [0, 0.1) is 5.92 Å². The Bertz CT molecular complexity index is 567. The lowest BCUT2D eigenvalue weighted by atomic mass is 10.1. The number of pyridine rings is 1. The van der Waals surface area contributed by atoms with Gasteiger partial charge in [-0.25, -0.2) is 9.78 Å². The first-order valence-corrected chi connectivity index (χ1v) is 7.68. The number of hydrogen-bond acceptors (Lipinski definition) is 4. The molecule has 2 rings (SSSR count). The molecule has 8 heteroatoms. The number of carbonyl (C=O) groups excluding carboxylic acids is 1. The van der Waals surface area contributed by atoms with Gasteiger partial charge in [0.15, 0.2) is 0 Å². The Morgan fingerprint density at radius 3 is 2.58 bits per heavy atom. The molecular formula is C16H21F3N2O3. The zero-order valence-corrected chi connectivity index (χ0v) is 13.9. The highest BCUT2D eigenvalue weighted by Gasteiger charge is 2.31. The molecule has 0 aliphatic carbocycles. The minimum Gasteiger partial charge on any atom is -0.477 e. The number of aromatic nitrogens is 1. The van der Waals surface area contributed by atoms with Crippen molar-refractivity contribution in [1.82, 2.24) is 9.88 Å². The molecule has 1 aliphatic heterocycles. The smallest absolute Gasteiger partial charge is 0.417 e. The monoisotopic (exact) mass is 346 g/mol. The average Bonchev–Trinajstić information content (AvgIpc) is 2.92. The van der Waals surface area contributed by atoms with Gasteiger partial charge >= 0.3 is 12.3 Å². The standard InChI is InChI=1S/C16H21F3N2O3/c1-15(2,3)24-14(22)21-7-6-11(9-21)10-23-13-5-4-12(8-20-13)16(17,18)19/h4-5,8,11H,6-7,9-10H2,1-3H3/t11-/m0/s1. The van der Waals surface area contributed by atoms with Crippen molar-refractivity contribution in [2.75, 3.05) is 19.7 Å². The van der Waals surface area contributed by atoms with E-state index in [2.05, 4.69) is 4.98 Å². The van der Waals surface area contributed by atoms with Crippen LogP contribution in [-0.4, -0.2) is 41.3 Å². The van der Waals surface area contributed by atoms with Gasteiger partial charge in [-0.2, -0.15) is 13.2 Å². The second-order valence-corrected chi connectivity index (χ2v) is 6.77. The summed E-state index contributed by atoms with van der Waals surface area (Å²) >= 11 is 0. The highest BCUT2D eigenvalue weighted by molar-refractivity contribution is 5.68. The molecule has 24 heavy (non-hydrogen) atoms. The van der Waals surface area contributed by atoms with Crippen molar-refractivity contribution in [2.45, 2.75) is 39.0 Å². The van der Waals surface area contributed by atoms with Gasteiger partial charge < -0.3 is 14.4 Å². The zero-order chi connectivity index (χ0) is 18.0.